The highest BCUT2D eigenvalue weighted by atomic mass is 19.4. The number of aromatic nitrogens is 2. The molecule has 0 saturated heterocycles. The van der Waals surface area contributed by atoms with E-state index in [2.05, 4.69) is 20.5 Å². The van der Waals surface area contributed by atoms with Gasteiger partial charge in [-0.1, -0.05) is 0 Å². The first-order valence-electron chi connectivity index (χ1n) is 12.2. The fraction of sp³-hybridized carbons (Fsp3) is 0.667. The molecule has 0 aliphatic heterocycles. The van der Waals surface area contributed by atoms with Crippen LogP contribution in [0.2, 0.25) is 0 Å². The molecule has 3 fully saturated rings. The number of rotatable bonds is 6. The number of amides is 3. The van der Waals surface area contributed by atoms with Crippen molar-refractivity contribution in [1.82, 2.24) is 20.4 Å². The molecule has 13 heteroatoms. The number of carbonyl (C=O) groups excluding carboxylic acids is 3. The maximum atomic E-state index is 14.1. The molecule has 6 atom stereocenters. The van der Waals surface area contributed by atoms with E-state index in [0.717, 1.165) is 38.1 Å². The molecule has 4 rings (SSSR count). The average Bonchev–Trinajstić information content (AvgIpc) is 3.32. The highest BCUT2D eigenvalue weighted by Crippen LogP contribution is 2.54. The van der Waals surface area contributed by atoms with Gasteiger partial charge in [-0.2, -0.15) is 18.3 Å². The summed E-state index contributed by atoms with van der Waals surface area (Å²) in [7, 11) is 1.17. The van der Waals surface area contributed by atoms with E-state index < -0.39 is 41.1 Å². The summed E-state index contributed by atoms with van der Waals surface area (Å²) < 4.78 is 52.6. The fourth-order valence-corrected chi connectivity index (χ4v) is 6.33. The summed E-state index contributed by atoms with van der Waals surface area (Å²) in [5, 5.41) is 9.13. The van der Waals surface area contributed by atoms with Gasteiger partial charge in [0.25, 0.3) is 5.91 Å². The summed E-state index contributed by atoms with van der Waals surface area (Å²) in [4.78, 5) is 36.0. The second kappa shape index (κ2) is 9.90. The van der Waals surface area contributed by atoms with Crippen LogP contribution in [0.1, 0.15) is 62.0 Å². The van der Waals surface area contributed by atoms with Gasteiger partial charge in [0.05, 0.1) is 24.4 Å². The van der Waals surface area contributed by atoms with Crippen molar-refractivity contribution in [3.63, 3.8) is 0 Å². The van der Waals surface area contributed by atoms with Gasteiger partial charge in [0.15, 0.2) is 5.69 Å². The van der Waals surface area contributed by atoms with Crippen LogP contribution in [0.4, 0.5) is 22.8 Å². The Morgan fingerprint density at radius 3 is 2.27 bits per heavy atom. The van der Waals surface area contributed by atoms with Crippen LogP contribution in [0.25, 0.3) is 6.20 Å². The molecular formula is C24H32F3N5O5. The molecule has 3 saturated carbocycles. The number of hydrogen-bond acceptors (Lipinski definition) is 6. The number of carbonyl (C=O) groups is 3. The van der Waals surface area contributed by atoms with Crippen LogP contribution >= 0.6 is 0 Å². The van der Waals surface area contributed by atoms with Crippen LogP contribution in [0.3, 0.4) is 0 Å². The minimum absolute atomic E-state index is 0.0287. The van der Waals surface area contributed by atoms with E-state index in [1.807, 2.05) is 0 Å². The van der Waals surface area contributed by atoms with Crippen molar-refractivity contribution in [1.29, 1.82) is 0 Å². The third-order valence-electron chi connectivity index (χ3n) is 7.76. The Labute approximate surface area is 212 Å². The Morgan fingerprint density at radius 2 is 1.68 bits per heavy atom. The van der Waals surface area contributed by atoms with Gasteiger partial charge in [-0.05, 0) is 75.7 Å². The van der Waals surface area contributed by atoms with Crippen LogP contribution in [0, 0.1) is 23.7 Å². The van der Waals surface area contributed by atoms with Gasteiger partial charge in [-0.25, -0.2) is 14.3 Å². The Morgan fingerprint density at radius 1 is 1.08 bits per heavy atom. The highest BCUT2D eigenvalue weighted by Gasteiger charge is 2.51. The lowest BCUT2D eigenvalue weighted by molar-refractivity contribution is -0.142. The minimum atomic E-state index is -4.87. The molecule has 3 aliphatic rings. The molecule has 0 radical (unpaired) electrons. The molecule has 37 heavy (non-hydrogen) atoms. The van der Waals surface area contributed by atoms with Crippen molar-refractivity contribution >= 4 is 24.3 Å². The molecule has 3 bridgehead atoms. The summed E-state index contributed by atoms with van der Waals surface area (Å²) in [6.07, 6.45) is 0.183. The second-order valence-electron chi connectivity index (χ2n) is 10.8. The summed E-state index contributed by atoms with van der Waals surface area (Å²) >= 11 is 0. The number of alkyl carbamates (subject to hydrolysis) is 1. The first-order valence-corrected chi connectivity index (χ1v) is 12.2. The number of nitrogens with two attached hydrogens (primary N) is 1. The van der Waals surface area contributed by atoms with Gasteiger partial charge >= 0.3 is 18.4 Å². The second-order valence-corrected chi connectivity index (χ2v) is 10.8. The highest BCUT2D eigenvalue weighted by molar-refractivity contribution is 5.95. The zero-order valence-electron chi connectivity index (χ0n) is 20.9. The van der Waals surface area contributed by atoms with Crippen molar-refractivity contribution in [2.24, 2.45) is 29.4 Å². The molecule has 1 heterocycles. The number of methoxy groups -OCH3 is 1. The molecule has 10 nitrogen and oxygen atoms in total. The molecular weight excluding hydrogens is 495 g/mol. The quantitative estimate of drug-likeness (QED) is 0.518. The number of primary amides is 1. The van der Waals surface area contributed by atoms with E-state index in [4.69, 9.17) is 10.5 Å². The van der Waals surface area contributed by atoms with E-state index in [1.54, 1.807) is 13.8 Å². The summed E-state index contributed by atoms with van der Waals surface area (Å²) in [6.45, 7) is 3.13. The number of halogens is 3. The maximum absolute atomic E-state index is 14.1. The lowest BCUT2D eigenvalue weighted by Crippen LogP contribution is -2.48. The molecule has 0 aromatic carbocycles. The molecule has 3 amide bonds. The van der Waals surface area contributed by atoms with Gasteiger partial charge in [-0.3, -0.25) is 4.79 Å². The number of nitrogens with zero attached hydrogens (tertiary/aromatic N) is 2. The molecule has 1 aromatic heterocycles. The molecule has 204 valence electrons. The maximum Gasteiger partial charge on any atom is 0.434 e. The van der Waals surface area contributed by atoms with Gasteiger partial charge in [0.2, 0.25) is 0 Å². The van der Waals surface area contributed by atoms with E-state index in [-0.39, 0.29) is 24.0 Å². The summed E-state index contributed by atoms with van der Waals surface area (Å²) in [5.41, 5.74) is 2.37. The van der Waals surface area contributed by atoms with Gasteiger partial charge in [0, 0.05) is 12.2 Å². The van der Waals surface area contributed by atoms with Gasteiger partial charge in [0.1, 0.15) is 6.10 Å². The van der Waals surface area contributed by atoms with Gasteiger partial charge < -0.3 is 25.8 Å². The van der Waals surface area contributed by atoms with Gasteiger partial charge in [-0.15, -0.1) is 0 Å². The average molecular weight is 528 g/mol. The van der Waals surface area contributed by atoms with Crippen molar-refractivity contribution in [3.8, 4) is 0 Å². The topological polar surface area (TPSA) is 138 Å². The molecule has 3 aliphatic carbocycles. The fourth-order valence-electron chi connectivity index (χ4n) is 6.33. The van der Waals surface area contributed by atoms with Crippen LogP contribution in [-0.2, 0) is 15.7 Å². The smallest absolute Gasteiger partial charge is 0.434 e. The Kier molecular flexibility index (Phi) is 7.17. The molecule has 5 unspecified atom stereocenters. The third-order valence-corrected chi connectivity index (χ3v) is 7.76. The van der Waals surface area contributed by atoms with Crippen LogP contribution in [-0.4, -0.2) is 52.7 Å². The Bertz CT molecular complexity index is 1090. The lowest BCUT2D eigenvalue weighted by atomic mass is 9.75. The molecule has 1 aromatic rings. The number of alkyl halides is 3. The van der Waals surface area contributed by atoms with Crippen LogP contribution in [0.15, 0.2) is 12.3 Å². The van der Waals surface area contributed by atoms with E-state index in [9.17, 15) is 27.6 Å². The van der Waals surface area contributed by atoms with Crippen LogP contribution in [0.5, 0.6) is 0 Å². The number of ether oxygens (including phenoxy) is 2. The summed E-state index contributed by atoms with van der Waals surface area (Å²) in [6, 6.07) is -0.337. The predicted octanol–water partition coefficient (Wildman–Crippen LogP) is 3.53. The standard InChI is InChI=1S/C24H32F3N5O5/c1-23(2,31-22(35)36-3)4-5-32-19(24(25,26)27)17(11-29-32)20(33)30-18-14-6-12-7-15(18)10-16(37-21(28)34)9-13(12)8-14/h4-5,11-16,18H,6-10H2,1-3H3,(H2,28,34)(H,30,33)(H,31,35)/b5-4+/t12?,13?,14?,15?,16?,18-/m0/s1. The number of fused-ring (bicyclic) bond motifs is 2. The van der Waals surface area contributed by atoms with Crippen LogP contribution < -0.4 is 16.4 Å². The number of nitrogens with one attached hydrogen (secondary N) is 2. The third kappa shape index (κ3) is 5.85. The van der Waals surface area contributed by atoms with Crippen molar-refractivity contribution in [3.05, 3.63) is 23.5 Å². The first-order chi connectivity index (χ1) is 17.3. The summed E-state index contributed by atoms with van der Waals surface area (Å²) in [5.74, 6) is 0.0523. The normalized spacial score (nSPS) is 29.1. The number of hydrogen-bond donors (Lipinski definition) is 3. The monoisotopic (exact) mass is 527 g/mol. The lowest BCUT2D eigenvalue weighted by Gasteiger charge is -2.37. The predicted molar refractivity (Wildman–Crippen MR) is 125 cm³/mol. The zero-order chi connectivity index (χ0) is 27.1. The zero-order valence-corrected chi connectivity index (χ0v) is 20.9. The molecule has 4 N–H and O–H groups in total. The SMILES string of the molecule is COC(=O)NC(C)(C)/C=C/n1ncc(C(=O)N[C@@H]2C3CC(OC(N)=O)CC4CC2CC4C3)c1C(F)(F)F. The largest absolute Gasteiger partial charge is 0.453 e. The Hall–Kier alpha value is -3.25. The minimum Gasteiger partial charge on any atom is -0.453 e. The van der Waals surface area contributed by atoms with Crippen molar-refractivity contribution < 1.29 is 37.0 Å². The van der Waals surface area contributed by atoms with E-state index in [1.165, 1.54) is 13.2 Å². The molecule has 0 spiro atoms. The Balaban J connectivity index is 1.55. The van der Waals surface area contributed by atoms with E-state index >= 15 is 0 Å². The first kappa shape index (κ1) is 26.8. The van der Waals surface area contributed by atoms with E-state index in [0.29, 0.717) is 22.9 Å². The van der Waals surface area contributed by atoms with Crippen molar-refractivity contribution in [2.45, 2.75) is 69.8 Å². The van der Waals surface area contributed by atoms with Crippen molar-refractivity contribution in [2.75, 3.05) is 7.11 Å².